The monoisotopic (exact) mass is 400 g/mol. The van der Waals surface area contributed by atoms with Crippen LogP contribution in [0.15, 0.2) is 58.1 Å². The van der Waals surface area contributed by atoms with Gasteiger partial charge in [0.15, 0.2) is 10.9 Å². The van der Waals surface area contributed by atoms with Gasteiger partial charge >= 0.3 is 11.9 Å². The summed E-state index contributed by atoms with van der Waals surface area (Å²) in [4.78, 5) is 55.4. The molecule has 0 aliphatic rings. The number of aromatic amines is 2. The van der Waals surface area contributed by atoms with Crippen molar-refractivity contribution in [3.8, 4) is 0 Å². The summed E-state index contributed by atoms with van der Waals surface area (Å²) >= 11 is 0. The van der Waals surface area contributed by atoms with Crippen LogP contribution in [-0.4, -0.2) is 32.1 Å². The van der Waals surface area contributed by atoms with Crippen LogP contribution in [0.2, 0.25) is 0 Å². The molecule has 2 heterocycles. The Bertz CT molecular complexity index is 1690. The molecule has 30 heavy (non-hydrogen) atoms. The van der Waals surface area contributed by atoms with E-state index in [2.05, 4.69) is 9.97 Å². The van der Waals surface area contributed by atoms with Crippen molar-refractivity contribution < 1.29 is 19.8 Å². The summed E-state index contributed by atoms with van der Waals surface area (Å²) in [5, 5.41) is 19.7. The molecule has 0 amide bonds. The molecule has 4 N–H and O–H groups in total. The van der Waals surface area contributed by atoms with E-state index >= 15 is 0 Å². The van der Waals surface area contributed by atoms with E-state index in [0.717, 1.165) is 6.07 Å². The van der Waals surface area contributed by atoms with Gasteiger partial charge in [0.25, 0.3) is 0 Å². The van der Waals surface area contributed by atoms with Crippen molar-refractivity contribution in [2.45, 2.75) is 0 Å². The number of benzene rings is 3. The number of fused-ring (bicyclic) bond motifs is 4. The first kappa shape index (κ1) is 17.6. The molecule has 3 aromatic carbocycles. The molecule has 146 valence electrons. The summed E-state index contributed by atoms with van der Waals surface area (Å²) in [6, 6.07) is 12.5. The topological polar surface area (TPSA) is 140 Å². The molecule has 0 saturated carbocycles. The second-order valence-electron chi connectivity index (χ2n) is 6.92. The predicted octanol–water partition coefficient (Wildman–Crippen LogP) is 3.07. The van der Waals surface area contributed by atoms with Gasteiger partial charge in [-0.15, -0.1) is 0 Å². The standard InChI is InChI=1S/C22H12N2O6/c25-19-9-3-1-2-4-13(9)23-15-8-12-16(7-11(15)19)24-14-6-5-10(21(27)28)17(22(29)30)18(14)20(12)26/h1-8H,(H,23,25)(H,24,26)(H,27,28)(H,29,30). The van der Waals surface area contributed by atoms with Gasteiger partial charge < -0.3 is 20.2 Å². The van der Waals surface area contributed by atoms with Crippen LogP contribution in [0.25, 0.3) is 43.6 Å². The van der Waals surface area contributed by atoms with Crippen molar-refractivity contribution in [3.63, 3.8) is 0 Å². The lowest BCUT2D eigenvalue weighted by Crippen LogP contribution is -2.15. The number of pyridine rings is 2. The molecule has 0 fully saturated rings. The van der Waals surface area contributed by atoms with Gasteiger partial charge in [-0.1, -0.05) is 12.1 Å². The zero-order valence-electron chi connectivity index (χ0n) is 15.1. The maximum atomic E-state index is 13.2. The van der Waals surface area contributed by atoms with Crippen molar-refractivity contribution >= 4 is 55.6 Å². The smallest absolute Gasteiger partial charge is 0.337 e. The van der Waals surface area contributed by atoms with Crippen LogP contribution in [0, 0.1) is 0 Å². The van der Waals surface area contributed by atoms with E-state index in [-0.39, 0.29) is 21.7 Å². The average molecular weight is 400 g/mol. The number of para-hydroxylation sites is 1. The molecule has 5 aromatic rings. The number of hydrogen-bond acceptors (Lipinski definition) is 4. The molecule has 8 heteroatoms. The van der Waals surface area contributed by atoms with Gasteiger partial charge in [0.05, 0.1) is 33.1 Å². The number of carboxylic acids is 2. The average Bonchev–Trinajstić information content (AvgIpc) is 2.72. The van der Waals surface area contributed by atoms with Crippen LogP contribution >= 0.6 is 0 Å². The van der Waals surface area contributed by atoms with E-state index in [1.165, 1.54) is 12.1 Å². The van der Waals surface area contributed by atoms with Crippen molar-refractivity contribution in [2.24, 2.45) is 0 Å². The summed E-state index contributed by atoms with van der Waals surface area (Å²) in [6.07, 6.45) is 0. The number of H-pyrrole nitrogens is 2. The van der Waals surface area contributed by atoms with Gasteiger partial charge in [-0.05, 0) is 36.4 Å². The van der Waals surface area contributed by atoms with E-state index in [0.29, 0.717) is 27.3 Å². The van der Waals surface area contributed by atoms with Gasteiger partial charge in [-0.2, -0.15) is 0 Å². The van der Waals surface area contributed by atoms with E-state index in [9.17, 15) is 29.4 Å². The van der Waals surface area contributed by atoms with Crippen LogP contribution in [0.3, 0.4) is 0 Å². The lowest BCUT2D eigenvalue weighted by atomic mass is 9.99. The third-order valence-electron chi connectivity index (χ3n) is 5.23. The summed E-state index contributed by atoms with van der Waals surface area (Å²) in [6.45, 7) is 0. The Morgan fingerprint density at radius 1 is 0.667 bits per heavy atom. The molecule has 0 aliphatic heterocycles. The zero-order valence-corrected chi connectivity index (χ0v) is 15.1. The molecule has 0 unspecified atom stereocenters. The first-order valence-corrected chi connectivity index (χ1v) is 8.91. The highest BCUT2D eigenvalue weighted by Crippen LogP contribution is 2.24. The van der Waals surface area contributed by atoms with Crippen LogP contribution in [0.4, 0.5) is 0 Å². The minimum atomic E-state index is -1.51. The Morgan fingerprint density at radius 3 is 1.97 bits per heavy atom. The Kier molecular flexibility index (Phi) is 3.54. The number of aromatic carboxylic acids is 2. The predicted molar refractivity (Wildman–Crippen MR) is 112 cm³/mol. The van der Waals surface area contributed by atoms with Gasteiger partial charge in [0, 0.05) is 21.7 Å². The third-order valence-corrected chi connectivity index (χ3v) is 5.23. The highest BCUT2D eigenvalue weighted by Gasteiger charge is 2.22. The van der Waals surface area contributed by atoms with Gasteiger partial charge in [0.1, 0.15) is 0 Å². The summed E-state index contributed by atoms with van der Waals surface area (Å²) in [5.74, 6) is -2.95. The van der Waals surface area contributed by atoms with Crippen LogP contribution < -0.4 is 10.9 Å². The van der Waals surface area contributed by atoms with Gasteiger partial charge in [-0.3, -0.25) is 9.59 Å². The van der Waals surface area contributed by atoms with Crippen molar-refractivity contribution in [1.82, 2.24) is 9.97 Å². The Morgan fingerprint density at radius 2 is 1.30 bits per heavy atom. The number of aromatic nitrogens is 2. The lowest BCUT2D eigenvalue weighted by molar-refractivity contribution is 0.0653. The molecular weight excluding hydrogens is 388 g/mol. The molecule has 0 aliphatic carbocycles. The third kappa shape index (κ3) is 2.34. The molecular formula is C22H12N2O6. The molecule has 8 nitrogen and oxygen atoms in total. The van der Waals surface area contributed by atoms with Gasteiger partial charge in [-0.25, -0.2) is 9.59 Å². The molecule has 0 radical (unpaired) electrons. The Hall–Kier alpha value is -4.46. The fraction of sp³-hybridized carbons (Fsp3) is 0. The van der Waals surface area contributed by atoms with Crippen molar-refractivity contribution in [1.29, 1.82) is 0 Å². The molecule has 0 bridgehead atoms. The quantitative estimate of drug-likeness (QED) is 0.336. The second-order valence-corrected chi connectivity index (χ2v) is 6.92. The highest BCUT2D eigenvalue weighted by molar-refractivity contribution is 6.13. The Labute approximate surface area is 166 Å². The van der Waals surface area contributed by atoms with E-state index < -0.39 is 28.5 Å². The maximum absolute atomic E-state index is 13.2. The fourth-order valence-electron chi connectivity index (χ4n) is 3.89. The minimum absolute atomic E-state index is 0.144. The fourth-order valence-corrected chi connectivity index (χ4v) is 3.89. The minimum Gasteiger partial charge on any atom is -0.478 e. The number of carbonyl (C=O) groups is 2. The number of rotatable bonds is 2. The highest BCUT2D eigenvalue weighted by atomic mass is 16.4. The normalized spacial score (nSPS) is 11.5. The van der Waals surface area contributed by atoms with Crippen molar-refractivity contribution in [3.05, 3.63) is 80.1 Å². The van der Waals surface area contributed by atoms with Crippen LogP contribution in [0.5, 0.6) is 0 Å². The van der Waals surface area contributed by atoms with Gasteiger partial charge in [0.2, 0.25) is 0 Å². The largest absolute Gasteiger partial charge is 0.478 e. The Balaban J connectivity index is 2.00. The molecule has 0 saturated heterocycles. The first-order valence-electron chi connectivity index (χ1n) is 8.91. The van der Waals surface area contributed by atoms with Crippen LogP contribution in [0.1, 0.15) is 20.7 Å². The maximum Gasteiger partial charge on any atom is 0.337 e. The zero-order chi connectivity index (χ0) is 21.2. The summed E-state index contributed by atoms with van der Waals surface area (Å²) in [7, 11) is 0. The molecule has 5 rings (SSSR count). The van der Waals surface area contributed by atoms with E-state index in [4.69, 9.17) is 0 Å². The summed E-state index contributed by atoms with van der Waals surface area (Å²) in [5.41, 5.74) is -0.333. The molecule has 0 atom stereocenters. The van der Waals surface area contributed by atoms with Crippen LogP contribution in [-0.2, 0) is 0 Å². The summed E-state index contributed by atoms with van der Waals surface area (Å²) < 4.78 is 0. The molecule has 2 aromatic heterocycles. The number of hydrogen-bond donors (Lipinski definition) is 4. The first-order chi connectivity index (χ1) is 14.4. The lowest BCUT2D eigenvalue weighted by Gasteiger charge is -2.09. The SMILES string of the molecule is O=C(O)c1ccc2[nH]c3cc4c(=O)c5ccccc5[nH]c4cc3c(=O)c2c1C(=O)O. The van der Waals surface area contributed by atoms with E-state index in [1.807, 2.05) is 0 Å². The van der Waals surface area contributed by atoms with Crippen molar-refractivity contribution in [2.75, 3.05) is 0 Å². The molecule has 0 spiro atoms. The number of nitrogens with one attached hydrogen (secondary N) is 2. The van der Waals surface area contributed by atoms with E-state index in [1.54, 1.807) is 30.3 Å². The number of carboxylic acid groups (broad SMARTS) is 2. The second kappa shape index (κ2) is 6.02.